The molecule has 4 N–H and O–H groups in total. The van der Waals surface area contributed by atoms with Gasteiger partial charge in [0, 0.05) is 18.5 Å². The van der Waals surface area contributed by atoms with Gasteiger partial charge in [-0.2, -0.15) is 0 Å². The van der Waals surface area contributed by atoms with Gasteiger partial charge in [0.2, 0.25) is 11.7 Å². The Kier molecular flexibility index (Phi) is 5.21. The first-order valence-electron chi connectivity index (χ1n) is 8.17. The van der Waals surface area contributed by atoms with Gasteiger partial charge in [0.25, 0.3) is 5.91 Å². The maximum Gasteiger partial charge on any atom is 0.353 e. The van der Waals surface area contributed by atoms with E-state index in [4.69, 9.17) is 5.73 Å². The lowest BCUT2D eigenvalue weighted by atomic mass is 10.0. The van der Waals surface area contributed by atoms with Gasteiger partial charge in [-0.15, -0.1) is 0 Å². The number of hydrogen-bond donors (Lipinski definition) is 3. The number of amides is 2. The molecule has 3 aromatic rings. The van der Waals surface area contributed by atoms with Crippen LogP contribution >= 0.6 is 0 Å². The molecule has 2 aromatic heterocycles. The van der Waals surface area contributed by atoms with Gasteiger partial charge < -0.3 is 20.9 Å². The van der Waals surface area contributed by atoms with Crippen molar-refractivity contribution in [3.05, 3.63) is 65.2 Å². The molecule has 0 aliphatic carbocycles. The lowest BCUT2D eigenvalue weighted by Gasteiger charge is -2.16. The number of nitrogens with two attached hydrogens (primary N) is 1. The number of fused-ring (bicyclic) bond motifs is 1. The van der Waals surface area contributed by atoms with E-state index >= 15 is 0 Å². The van der Waals surface area contributed by atoms with Crippen molar-refractivity contribution in [2.45, 2.75) is 6.04 Å². The van der Waals surface area contributed by atoms with E-state index in [1.807, 2.05) is 0 Å². The van der Waals surface area contributed by atoms with E-state index in [9.17, 15) is 24.3 Å². The van der Waals surface area contributed by atoms with Crippen molar-refractivity contribution in [1.29, 1.82) is 0 Å². The van der Waals surface area contributed by atoms with Crippen LogP contribution in [0.4, 0.5) is 0 Å². The number of primary amides is 1. The van der Waals surface area contributed by atoms with Crippen molar-refractivity contribution in [2.75, 3.05) is 7.11 Å². The summed E-state index contributed by atoms with van der Waals surface area (Å²) in [6.45, 7) is 0. The number of imidazole rings is 1. The fourth-order valence-electron chi connectivity index (χ4n) is 2.64. The Morgan fingerprint density at radius 1 is 1.21 bits per heavy atom. The number of methoxy groups -OCH3 is 1. The Bertz CT molecular complexity index is 1120. The molecule has 0 bridgehead atoms. The number of benzene rings is 1. The average molecular weight is 397 g/mol. The zero-order valence-corrected chi connectivity index (χ0v) is 15.0. The second-order valence-electron chi connectivity index (χ2n) is 5.85. The van der Waals surface area contributed by atoms with Crippen molar-refractivity contribution in [3.63, 3.8) is 0 Å². The first-order valence-corrected chi connectivity index (χ1v) is 8.17. The van der Waals surface area contributed by atoms with E-state index in [0.717, 1.165) is 6.07 Å². The quantitative estimate of drug-likeness (QED) is 0.495. The predicted octanol–water partition coefficient (Wildman–Crippen LogP) is 0.171. The van der Waals surface area contributed by atoms with Gasteiger partial charge in [0.05, 0.1) is 12.7 Å². The highest BCUT2D eigenvalue weighted by molar-refractivity contribution is 5.98. The minimum Gasteiger partial charge on any atom is -0.477 e. The molecule has 0 saturated carbocycles. The second-order valence-corrected chi connectivity index (χ2v) is 5.85. The smallest absolute Gasteiger partial charge is 0.353 e. The molecular formula is C18H15N5O6. The first kappa shape index (κ1) is 19.5. The number of carboxylic acid groups (broad SMARTS) is 1. The number of nitrogens with zero attached hydrogens (tertiary/aromatic N) is 3. The van der Waals surface area contributed by atoms with Crippen LogP contribution in [0, 0.1) is 0 Å². The molecule has 0 fully saturated rings. The van der Waals surface area contributed by atoms with Crippen molar-refractivity contribution in [1.82, 2.24) is 19.7 Å². The highest BCUT2D eigenvalue weighted by Gasteiger charge is 2.24. The molecule has 0 aliphatic heterocycles. The summed E-state index contributed by atoms with van der Waals surface area (Å²) in [6, 6.07) is 5.54. The molecule has 11 heteroatoms. The Labute approximate surface area is 163 Å². The average Bonchev–Trinajstić information content (AvgIpc) is 3.18. The largest absolute Gasteiger partial charge is 0.477 e. The molecule has 0 spiro atoms. The number of carboxylic acids is 1. The normalized spacial score (nSPS) is 11.6. The SMILES string of the molecule is COC(=O)c1ccc([C@@H](NC(=O)c2cc(C(=O)O)n3ccnc3n2)C(N)=O)cc1. The first-order chi connectivity index (χ1) is 13.8. The Morgan fingerprint density at radius 3 is 2.48 bits per heavy atom. The molecule has 148 valence electrons. The number of nitrogens with one attached hydrogen (secondary N) is 1. The topological polar surface area (TPSA) is 166 Å². The van der Waals surface area contributed by atoms with Gasteiger partial charge >= 0.3 is 11.9 Å². The number of esters is 1. The molecule has 1 aromatic carbocycles. The monoisotopic (exact) mass is 397 g/mol. The molecule has 0 saturated heterocycles. The van der Waals surface area contributed by atoms with E-state index in [0.29, 0.717) is 5.56 Å². The zero-order valence-electron chi connectivity index (χ0n) is 15.0. The lowest BCUT2D eigenvalue weighted by Crippen LogP contribution is -2.38. The lowest BCUT2D eigenvalue weighted by molar-refractivity contribution is -0.120. The molecule has 2 heterocycles. The van der Waals surface area contributed by atoms with Gasteiger partial charge in [0.1, 0.15) is 17.4 Å². The highest BCUT2D eigenvalue weighted by atomic mass is 16.5. The van der Waals surface area contributed by atoms with Crippen LogP contribution in [0.2, 0.25) is 0 Å². The fraction of sp³-hybridized carbons (Fsp3) is 0.111. The number of aromatic nitrogens is 3. The number of ether oxygens (including phenoxy) is 1. The minimum absolute atomic E-state index is 0.00751. The molecule has 3 rings (SSSR count). The third kappa shape index (κ3) is 3.88. The van der Waals surface area contributed by atoms with Crippen LogP contribution in [-0.2, 0) is 9.53 Å². The summed E-state index contributed by atoms with van der Waals surface area (Å²) >= 11 is 0. The Morgan fingerprint density at radius 2 is 1.90 bits per heavy atom. The molecule has 0 radical (unpaired) electrons. The second kappa shape index (κ2) is 7.76. The highest BCUT2D eigenvalue weighted by Crippen LogP contribution is 2.16. The van der Waals surface area contributed by atoms with E-state index in [-0.39, 0.29) is 22.7 Å². The summed E-state index contributed by atoms with van der Waals surface area (Å²) in [5, 5.41) is 11.7. The summed E-state index contributed by atoms with van der Waals surface area (Å²) < 4.78 is 5.81. The van der Waals surface area contributed by atoms with Crippen LogP contribution in [0.1, 0.15) is 42.9 Å². The van der Waals surface area contributed by atoms with Crippen LogP contribution in [0.15, 0.2) is 42.7 Å². The van der Waals surface area contributed by atoms with Crippen LogP contribution in [-0.4, -0.2) is 50.3 Å². The van der Waals surface area contributed by atoms with Gasteiger partial charge in [-0.25, -0.2) is 19.6 Å². The molecule has 11 nitrogen and oxygen atoms in total. The Balaban J connectivity index is 1.90. The zero-order chi connectivity index (χ0) is 21.1. The minimum atomic E-state index is -1.28. The third-order valence-corrected chi connectivity index (χ3v) is 4.05. The number of rotatable bonds is 6. The standard InChI is InChI=1S/C18H15N5O6/c1-29-17(28)10-4-2-9(3-5-10)13(14(19)24)22-15(25)11-8-12(16(26)27)23-7-6-20-18(23)21-11/h2-8,13H,1H3,(H2,19,24)(H,22,25)(H,26,27)/t13-/m1/s1. The van der Waals surface area contributed by atoms with Gasteiger partial charge in [-0.3, -0.25) is 14.0 Å². The van der Waals surface area contributed by atoms with E-state index in [2.05, 4.69) is 20.0 Å². The summed E-state index contributed by atoms with van der Waals surface area (Å²) in [6.07, 6.45) is 2.73. The maximum absolute atomic E-state index is 12.6. The summed E-state index contributed by atoms with van der Waals surface area (Å²) in [4.78, 5) is 55.3. The van der Waals surface area contributed by atoms with Gasteiger partial charge in [-0.1, -0.05) is 12.1 Å². The van der Waals surface area contributed by atoms with Gasteiger partial charge in [-0.05, 0) is 17.7 Å². The van der Waals surface area contributed by atoms with Crippen LogP contribution in [0.25, 0.3) is 5.78 Å². The molecule has 1 atom stereocenters. The van der Waals surface area contributed by atoms with Crippen molar-refractivity contribution in [3.8, 4) is 0 Å². The van der Waals surface area contributed by atoms with Gasteiger partial charge in [0.15, 0.2) is 0 Å². The molecule has 0 unspecified atom stereocenters. The summed E-state index contributed by atoms with van der Waals surface area (Å²) in [5.74, 6) is -3.51. The third-order valence-electron chi connectivity index (χ3n) is 4.05. The van der Waals surface area contributed by atoms with Crippen molar-refractivity contribution >= 4 is 29.5 Å². The number of aromatic carboxylic acids is 1. The van der Waals surface area contributed by atoms with Crippen LogP contribution in [0.3, 0.4) is 0 Å². The van der Waals surface area contributed by atoms with E-state index < -0.39 is 29.8 Å². The van der Waals surface area contributed by atoms with E-state index in [1.54, 1.807) is 0 Å². The maximum atomic E-state index is 12.6. The molecule has 29 heavy (non-hydrogen) atoms. The summed E-state index contributed by atoms with van der Waals surface area (Å²) in [7, 11) is 1.23. The molecular weight excluding hydrogens is 382 g/mol. The fourth-order valence-corrected chi connectivity index (χ4v) is 2.64. The molecule has 2 amide bonds. The van der Waals surface area contributed by atoms with E-state index in [1.165, 1.54) is 48.2 Å². The molecule has 0 aliphatic rings. The van der Waals surface area contributed by atoms with Crippen molar-refractivity contribution in [2.24, 2.45) is 5.73 Å². The summed E-state index contributed by atoms with van der Waals surface area (Å²) in [5.41, 5.74) is 5.49. The van der Waals surface area contributed by atoms with Crippen LogP contribution < -0.4 is 11.1 Å². The number of carbonyl (C=O) groups excluding carboxylic acids is 3. The Hall–Kier alpha value is -4.28. The van der Waals surface area contributed by atoms with Crippen molar-refractivity contribution < 1.29 is 29.0 Å². The predicted molar refractivity (Wildman–Crippen MR) is 97.1 cm³/mol. The number of carbonyl (C=O) groups is 4. The van der Waals surface area contributed by atoms with Crippen LogP contribution in [0.5, 0.6) is 0 Å². The number of hydrogen-bond acceptors (Lipinski definition) is 7.